The molecule has 8 heteroatoms. The molecule has 0 aliphatic carbocycles. The van der Waals surface area contributed by atoms with Gasteiger partial charge in [0.25, 0.3) is 5.91 Å². The summed E-state index contributed by atoms with van der Waals surface area (Å²) in [5, 5.41) is 2.92. The minimum absolute atomic E-state index is 0.0183. The first-order valence-corrected chi connectivity index (χ1v) is 10.2. The highest BCUT2D eigenvalue weighted by molar-refractivity contribution is 6.07. The van der Waals surface area contributed by atoms with E-state index in [0.717, 1.165) is 17.7 Å². The number of nitrogens with zero attached hydrogens (tertiary/aromatic N) is 3. The first-order valence-electron chi connectivity index (χ1n) is 10.2. The molecular formula is C23H26N6O2. The molecule has 0 saturated carbocycles. The summed E-state index contributed by atoms with van der Waals surface area (Å²) in [6.45, 7) is 1.34. The number of piperidine rings is 1. The Hall–Kier alpha value is -3.49. The van der Waals surface area contributed by atoms with Crippen LogP contribution in [0.15, 0.2) is 60.9 Å². The van der Waals surface area contributed by atoms with Gasteiger partial charge in [-0.05, 0) is 24.6 Å². The van der Waals surface area contributed by atoms with E-state index >= 15 is 0 Å². The van der Waals surface area contributed by atoms with Gasteiger partial charge in [-0.1, -0.05) is 30.3 Å². The number of pyridine rings is 2. The molecule has 1 aliphatic rings. The number of hydrogen-bond donors (Lipinski definition) is 3. The monoisotopic (exact) mass is 418 g/mol. The maximum atomic E-state index is 13.1. The zero-order valence-electron chi connectivity index (χ0n) is 17.4. The van der Waals surface area contributed by atoms with E-state index in [1.807, 2.05) is 36.4 Å². The van der Waals surface area contributed by atoms with Gasteiger partial charge in [-0.2, -0.15) is 0 Å². The third-order valence-corrected chi connectivity index (χ3v) is 5.38. The third-order valence-electron chi connectivity index (χ3n) is 5.38. The molecule has 1 aromatic carbocycles. The number of aromatic nitrogens is 2. The quantitative estimate of drug-likeness (QED) is 0.582. The van der Waals surface area contributed by atoms with E-state index in [0.29, 0.717) is 30.2 Å². The average Bonchev–Trinajstić information content (AvgIpc) is 2.79. The number of ether oxygens (including phenoxy) is 1. The lowest BCUT2D eigenvalue weighted by Crippen LogP contribution is -2.50. The molecule has 4 rings (SSSR count). The molecule has 31 heavy (non-hydrogen) atoms. The second-order valence-corrected chi connectivity index (χ2v) is 7.61. The Kier molecular flexibility index (Phi) is 6.11. The molecule has 0 unspecified atom stereocenters. The fourth-order valence-electron chi connectivity index (χ4n) is 3.82. The highest BCUT2D eigenvalue weighted by Gasteiger charge is 2.27. The van der Waals surface area contributed by atoms with E-state index in [1.165, 1.54) is 0 Å². The predicted molar refractivity (Wildman–Crippen MR) is 122 cm³/mol. The first kappa shape index (κ1) is 20.8. The lowest BCUT2D eigenvalue weighted by Gasteiger charge is -2.37. The summed E-state index contributed by atoms with van der Waals surface area (Å²) in [7, 11) is 1.68. The number of hydrogen-bond acceptors (Lipinski definition) is 7. The number of benzene rings is 1. The van der Waals surface area contributed by atoms with Gasteiger partial charge in [-0.15, -0.1) is 0 Å². The number of amides is 1. The Morgan fingerprint density at radius 2 is 1.97 bits per heavy atom. The molecule has 1 fully saturated rings. The smallest absolute Gasteiger partial charge is 0.276 e. The number of rotatable bonds is 5. The summed E-state index contributed by atoms with van der Waals surface area (Å²) in [6, 6.07) is 15.0. The van der Waals surface area contributed by atoms with Crippen LogP contribution in [0.2, 0.25) is 0 Å². The summed E-state index contributed by atoms with van der Waals surface area (Å²) in [5.41, 5.74) is 15.8. The van der Waals surface area contributed by atoms with Crippen molar-refractivity contribution in [2.75, 3.05) is 36.1 Å². The number of nitrogens with one attached hydrogen (secondary N) is 1. The van der Waals surface area contributed by atoms with Crippen LogP contribution in [0.4, 0.5) is 17.1 Å². The summed E-state index contributed by atoms with van der Waals surface area (Å²) in [6.07, 6.45) is 4.13. The maximum Gasteiger partial charge on any atom is 0.276 e. The van der Waals surface area contributed by atoms with Crippen molar-refractivity contribution >= 4 is 23.0 Å². The van der Waals surface area contributed by atoms with Gasteiger partial charge in [0.05, 0.1) is 35.1 Å². The molecule has 2 aromatic heterocycles. The standard InChI is InChI=1S/C23H26N6O2/c1-31-17-11-16(24)13-29(14-17)21-9-10-26-12-20(21)28-23(30)22-18(25)7-8-19(27-22)15-5-3-2-4-6-15/h2-10,12,16-17H,11,13-14,24-25H2,1H3,(H,28,30)/t16-,17+/m0/s1. The van der Waals surface area contributed by atoms with Crippen LogP contribution in [0, 0.1) is 0 Å². The van der Waals surface area contributed by atoms with Crippen molar-refractivity contribution in [2.45, 2.75) is 18.6 Å². The van der Waals surface area contributed by atoms with Gasteiger partial charge in [0.2, 0.25) is 0 Å². The molecule has 5 N–H and O–H groups in total. The molecule has 1 saturated heterocycles. The van der Waals surface area contributed by atoms with Crippen molar-refractivity contribution in [2.24, 2.45) is 5.73 Å². The normalized spacial score (nSPS) is 18.6. The number of carbonyl (C=O) groups is 1. The van der Waals surface area contributed by atoms with Gasteiger partial charge in [0.15, 0.2) is 5.69 Å². The molecule has 8 nitrogen and oxygen atoms in total. The molecule has 160 valence electrons. The summed E-state index contributed by atoms with van der Waals surface area (Å²) in [4.78, 5) is 23.9. The molecule has 3 heterocycles. The molecule has 0 bridgehead atoms. The number of carbonyl (C=O) groups excluding carboxylic acids is 1. The molecule has 0 radical (unpaired) electrons. The van der Waals surface area contributed by atoms with Gasteiger partial charge in [-0.25, -0.2) is 4.98 Å². The molecule has 0 spiro atoms. The van der Waals surface area contributed by atoms with Crippen LogP contribution in [-0.2, 0) is 4.74 Å². The SMILES string of the molecule is CO[C@@H]1C[C@H](N)CN(c2ccncc2NC(=O)c2nc(-c3ccccc3)ccc2N)C1. The van der Waals surface area contributed by atoms with Crippen LogP contribution in [0.5, 0.6) is 0 Å². The van der Waals surface area contributed by atoms with Gasteiger partial charge >= 0.3 is 0 Å². The minimum Gasteiger partial charge on any atom is -0.397 e. The Morgan fingerprint density at radius 3 is 2.74 bits per heavy atom. The van der Waals surface area contributed by atoms with Crippen LogP contribution in [0.1, 0.15) is 16.9 Å². The van der Waals surface area contributed by atoms with Crippen LogP contribution < -0.4 is 21.7 Å². The number of nitrogen functional groups attached to an aromatic ring is 1. The van der Waals surface area contributed by atoms with Crippen molar-refractivity contribution < 1.29 is 9.53 Å². The number of nitrogens with two attached hydrogens (primary N) is 2. The zero-order chi connectivity index (χ0) is 21.8. The van der Waals surface area contributed by atoms with Crippen LogP contribution in [0.3, 0.4) is 0 Å². The van der Waals surface area contributed by atoms with Gasteiger partial charge in [0.1, 0.15) is 0 Å². The van der Waals surface area contributed by atoms with E-state index in [1.54, 1.807) is 31.6 Å². The highest BCUT2D eigenvalue weighted by atomic mass is 16.5. The van der Waals surface area contributed by atoms with Crippen molar-refractivity contribution in [1.82, 2.24) is 9.97 Å². The molecule has 3 aromatic rings. The maximum absolute atomic E-state index is 13.1. The first-order chi connectivity index (χ1) is 15.0. The molecule has 1 amide bonds. The van der Waals surface area contributed by atoms with Crippen LogP contribution in [-0.4, -0.2) is 48.2 Å². The zero-order valence-corrected chi connectivity index (χ0v) is 17.4. The lowest BCUT2D eigenvalue weighted by atomic mass is 10.0. The van der Waals surface area contributed by atoms with Crippen molar-refractivity contribution in [3.63, 3.8) is 0 Å². The second kappa shape index (κ2) is 9.11. The fourth-order valence-corrected chi connectivity index (χ4v) is 3.82. The second-order valence-electron chi connectivity index (χ2n) is 7.61. The predicted octanol–water partition coefficient (Wildman–Crippen LogP) is 2.53. The summed E-state index contributed by atoms with van der Waals surface area (Å²) < 4.78 is 5.52. The highest BCUT2D eigenvalue weighted by Crippen LogP contribution is 2.29. The van der Waals surface area contributed by atoms with E-state index < -0.39 is 5.91 Å². The van der Waals surface area contributed by atoms with Gasteiger partial charge < -0.3 is 26.4 Å². The van der Waals surface area contributed by atoms with Crippen LogP contribution in [0.25, 0.3) is 11.3 Å². The van der Waals surface area contributed by atoms with Crippen molar-refractivity contribution in [3.8, 4) is 11.3 Å². The van der Waals surface area contributed by atoms with E-state index in [2.05, 4.69) is 20.2 Å². The summed E-state index contributed by atoms with van der Waals surface area (Å²) >= 11 is 0. The molecular weight excluding hydrogens is 392 g/mol. The van der Waals surface area contributed by atoms with E-state index in [4.69, 9.17) is 16.2 Å². The molecule has 1 aliphatic heterocycles. The number of anilines is 3. The van der Waals surface area contributed by atoms with E-state index in [-0.39, 0.29) is 17.8 Å². The Labute approximate surface area is 181 Å². The topological polar surface area (TPSA) is 119 Å². The van der Waals surface area contributed by atoms with Crippen molar-refractivity contribution in [1.29, 1.82) is 0 Å². The minimum atomic E-state index is -0.394. The Morgan fingerprint density at radius 1 is 1.16 bits per heavy atom. The van der Waals surface area contributed by atoms with Crippen LogP contribution >= 0.6 is 0 Å². The molecule has 2 atom stereocenters. The lowest BCUT2D eigenvalue weighted by molar-refractivity contribution is 0.0836. The van der Waals surface area contributed by atoms with Crippen molar-refractivity contribution in [3.05, 3.63) is 66.6 Å². The third kappa shape index (κ3) is 4.65. The number of methoxy groups -OCH3 is 1. The Balaban J connectivity index is 1.60. The fraction of sp³-hybridized carbons (Fsp3) is 0.261. The van der Waals surface area contributed by atoms with Gasteiger partial charge in [0, 0.05) is 38.0 Å². The van der Waals surface area contributed by atoms with E-state index in [9.17, 15) is 4.79 Å². The van der Waals surface area contributed by atoms with Gasteiger partial charge in [-0.3, -0.25) is 9.78 Å². The average molecular weight is 419 g/mol. The Bertz CT molecular complexity index is 1060. The largest absolute Gasteiger partial charge is 0.397 e. The summed E-state index contributed by atoms with van der Waals surface area (Å²) in [5.74, 6) is -0.394.